The SMILES string of the molecule is Cc1ccc(Cc2c(O[C@@H]3O[C@H](CO)[C@@H](O)[C@H](O)[C@H]3O)n[nH]c2C(C)C)cc1. The summed E-state index contributed by atoms with van der Waals surface area (Å²) in [4.78, 5) is 0. The molecule has 0 spiro atoms. The first-order valence-electron chi connectivity index (χ1n) is 9.41. The number of ether oxygens (including phenoxy) is 2. The van der Waals surface area contributed by atoms with Crippen LogP contribution in [0, 0.1) is 6.92 Å². The Kier molecular flexibility index (Phi) is 6.36. The topological polar surface area (TPSA) is 128 Å². The van der Waals surface area contributed by atoms with E-state index in [9.17, 15) is 20.4 Å². The first-order chi connectivity index (χ1) is 13.3. The summed E-state index contributed by atoms with van der Waals surface area (Å²) >= 11 is 0. The summed E-state index contributed by atoms with van der Waals surface area (Å²) < 4.78 is 11.2. The largest absolute Gasteiger partial charge is 0.443 e. The maximum absolute atomic E-state index is 10.2. The van der Waals surface area contributed by atoms with E-state index >= 15 is 0 Å². The zero-order chi connectivity index (χ0) is 20.4. The summed E-state index contributed by atoms with van der Waals surface area (Å²) in [5.41, 5.74) is 3.97. The van der Waals surface area contributed by atoms with Crippen LogP contribution in [0.3, 0.4) is 0 Å². The molecule has 1 aromatic carbocycles. The summed E-state index contributed by atoms with van der Waals surface area (Å²) in [6, 6.07) is 8.12. The van der Waals surface area contributed by atoms with Gasteiger partial charge in [-0.2, -0.15) is 0 Å². The summed E-state index contributed by atoms with van der Waals surface area (Å²) in [7, 11) is 0. The second-order valence-electron chi connectivity index (χ2n) is 7.55. The van der Waals surface area contributed by atoms with Crippen molar-refractivity contribution in [2.75, 3.05) is 6.61 Å². The highest BCUT2D eigenvalue weighted by molar-refractivity contribution is 5.38. The van der Waals surface area contributed by atoms with Gasteiger partial charge in [0.25, 0.3) is 0 Å². The fourth-order valence-electron chi connectivity index (χ4n) is 3.29. The zero-order valence-electron chi connectivity index (χ0n) is 16.2. The Balaban J connectivity index is 1.86. The van der Waals surface area contributed by atoms with Gasteiger partial charge in [-0.15, -0.1) is 5.10 Å². The van der Waals surface area contributed by atoms with Crippen LogP contribution in [0.25, 0.3) is 0 Å². The number of aromatic amines is 1. The van der Waals surface area contributed by atoms with Crippen LogP contribution >= 0.6 is 0 Å². The zero-order valence-corrected chi connectivity index (χ0v) is 16.2. The van der Waals surface area contributed by atoms with Gasteiger partial charge in [0.05, 0.1) is 6.61 Å². The fourth-order valence-corrected chi connectivity index (χ4v) is 3.29. The molecule has 0 saturated carbocycles. The molecule has 1 fully saturated rings. The molecule has 3 rings (SSSR count). The molecule has 2 aromatic rings. The van der Waals surface area contributed by atoms with Gasteiger partial charge in [-0.1, -0.05) is 43.7 Å². The molecule has 2 heterocycles. The Morgan fingerprint density at radius 2 is 1.79 bits per heavy atom. The molecule has 154 valence electrons. The molecule has 28 heavy (non-hydrogen) atoms. The number of hydrogen-bond donors (Lipinski definition) is 5. The minimum atomic E-state index is -1.50. The van der Waals surface area contributed by atoms with Crippen LogP contribution in [0.4, 0.5) is 0 Å². The molecular formula is C20H28N2O6. The Morgan fingerprint density at radius 1 is 1.11 bits per heavy atom. The number of aliphatic hydroxyl groups is 4. The van der Waals surface area contributed by atoms with Crippen molar-refractivity contribution < 1.29 is 29.9 Å². The van der Waals surface area contributed by atoms with Crippen molar-refractivity contribution in [3.8, 4) is 5.88 Å². The highest BCUT2D eigenvalue weighted by Crippen LogP contribution is 2.31. The van der Waals surface area contributed by atoms with Gasteiger partial charge in [-0.3, -0.25) is 5.10 Å². The van der Waals surface area contributed by atoms with Gasteiger partial charge in [0.15, 0.2) is 0 Å². The van der Waals surface area contributed by atoms with Crippen molar-refractivity contribution in [1.82, 2.24) is 10.2 Å². The summed E-state index contributed by atoms with van der Waals surface area (Å²) in [6.45, 7) is 5.57. The van der Waals surface area contributed by atoms with Crippen LogP contribution in [0.5, 0.6) is 5.88 Å². The average Bonchev–Trinajstić information content (AvgIpc) is 3.06. The van der Waals surface area contributed by atoms with Crippen molar-refractivity contribution in [2.24, 2.45) is 0 Å². The maximum Gasteiger partial charge on any atom is 0.238 e. The van der Waals surface area contributed by atoms with E-state index in [0.717, 1.165) is 22.4 Å². The van der Waals surface area contributed by atoms with Gasteiger partial charge in [0, 0.05) is 17.7 Å². The average molecular weight is 392 g/mol. The van der Waals surface area contributed by atoms with E-state index in [1.165, 1.54) is 0 Å². The van der Waals surface area contributed by atoms with Gasteiger partial charge in [0.1, 0.15) is 24.4 Å². The van der Waals surface area contributed by atoms with Gasteiger partial charge >= 0.3 is 0 Å². The molecule has 0 unspecified atom stereocenters. The quantitative estimate of drug-likeness (QED) is 0.487. The Labute approximate surface area is 163 Å². The maximum atomic E-state index is 10.2. The molecule has 0 radical (unpaired) electrons. The molecule has 1 aliphatic heterocycles. The summed E-state index contributed by atoms with van der Waals surface area (Å²) in [5.74, 6) is 0.425. The van der Waals surface area contributed by atoms with Crippen molar-refractivity contribution in [1.29, 1.82) is 0 Å². The number of benzene rings is 1. The molecule has 1 aromatic heterocycles. The normalized spacial score (nSPS) is 27.9. The Hall–Kier alpha value is -1.97. The number of nitrogens with zero attached hydrogens (tertiary/aromatic N) is 1. The highest BCUT2D eigenvalue weighted by Gasteiger charge is 2.45. The highest BCUT2D eigenvalue weighted by atomic mass is 16.7. The van der Waals surface area contributed by atoms with Gasteiger partial charge in [-0.05, 0) is 18.4 Å². The molecule has 0 aliphatic carbocycles. The molecule has 5 N–H and O–H groups in total. The van der Waals surface area contributed by atoms with E-state index in [4.69, 9.17) is 9.47 Å². The second-order valence-corrected chi connectivity index (χ2v) is 7.55. The van der Waals surface area contributed by atoms with Crippen molar-refractivity contribution >= 4 is 0 Å². The van der Waals surface area contributed by atoms with Crippen LogP contribution in [-0.2, 0) is 11.2 Å². The third-order valence-electron chi connectivity index (χ3n) is 5.02. The number of aromatic nitrogens is 2. The van der Waals surface area contributed by atoms with Gasteiger partial charge < -0.3 is 29.9 Å². The van der Waals surface area contributed by atoms with E-state index in [-0.39, 0.29) is 11.8 Å². The lowest BCUT2D eigenvalue weighted by molar-refractivity contribution is -0.278. The minimum absolute atomic E-state index is 0.167. The predicted octanol–water partition coefficient (Wildman–Crippen LogP) is 0.611. The van der Waals surface area contributed by atoms with E-state index in [0.29, 0.717) is 6.42 Å². The van der Waals surface area contributed by atoms with Crippen molar-refractivity contribution in [2.45, 2.75) is 63.8 Å². The number of nitrogens with one attached hydrogen (secondary N) is 1. The van der Waals surface area contributed by atoms with E-state index < -0.39 is 37.3 Å². The molecule has 0 amide bonds. The Bertz CT molecular complexity index is 774. The molecule has 1 saturated heterocycles. The van der Waals surface area contributed by atoms with E-state index in [2.05, 4.69) is 10.2 Å². The fraction of sp³-hybridized carbons (Fsp3) is 0.550. The Morgan fingerprint density at radius 3 is 2.39 bits per heavy atom. The van der Waals surface area contributed by atoms with Crippen molar-refractivity contribution in [3.05, 3.63) is 46.6 Å². The standard InChI is InChI=1S/C20H28N2O6/c1-10(2)15-13(8-12-6-4-11(3)5-7-12)19(22-21-15)28-20-18(26)17(25)16(24)14(9-23)27-20/h4-7,10,14,16-18,20,23-26H,8-9H2,1-3H3,(H,21,22)/t14-,16-,17+,18-,20+/m1/s1. The third-order valence-corrected chi connectivity index (χ3v) is 5.02. The predicted molar refractivity (Wildman–Crippen MR) is 101 cm³/mol. The first-order valence-corrected chi connectivity index (χ1v) is 9.41. The van der Waals surface area contributed by atoms with Crippen molar-refractivity contribution in [3.63, 3.8) is 0 Å². The number of aryl methyl sites for hydroxylation is 1. The van der Waals surface area contributed by atoms with Crippen LogP contribution < -0.4 is 4.74 Å². The van der Waals surface area contributed by atoms with Crippen LogP contribution in [0.1, 0.15) is 42.1 Å². The molecule has 1 aliphatic rings. The number of rotatable bonds is 6. The smallest absolute Gasteiger partial charge is 0.238 e. The van der Waals surface area contributed by atoms with Gasteiger partial charge in [-0.25, -0.2) is 0 Å². The number of aliphatic hydroxyl groups excluding tert-OH is 4. The molecular weight excluding hydrogens is 364 g/mol. The summed E-state index contributed by atoms with van der Waals surface area (Å²) in [5, 5.41) is 46.7. The first kappa shape index (κ1) is 20.8. The molecule has 8 nitrogen and oxygen atoms in total. The summed E-state index contributed by atoms with van der Waals surface area (Å²) in [6.07, 6.45) is -6.15. The van der Waals surface area contributed by atoms with Crippen LogP contribution in [-0.4, -0.2) is 67.9 Å². The minimum Gasteiger partial charge on any atom is -0.443 e. The lowest BCUT2D eigenvalue weighted by atomic mass is 9.98. The molecule has 5 atom stereocenters. The van der Waals surface area contributed by atoms with Crippen LogP contribution in [0.2, 0.25) is 0 Å². The number of H-pyrrole nitrogens is 1. The molecule has 0 bridgehead atoms. The third kappa shape index (κ3) is 4.21. The number of hydrogen-bond acceptors (Lipinski definition) is 7. The van der Waals surface area contributed by atoms with E-state index in [1.54, 1.807) is 0 Å². The van der Waals surface area contributed by atoms with Crippen LogP contribution in [0.15, 0.2) is 24.3 Å². The van der Waals surface area contributed by atoms with E-state index in [1.807, 2.05) is 45.0 Å². The monoisotopic (exact) mass is 392 g/mol. The second kappa shape index (κ2) is 8.59. The van der Waals surface area contributed by atoms with Gasteiger partial charge in [0.2, 0.25) is 12.2 Å². The molecule has 8 heteroatoms. The lowest BCUT2D eigenvalue weighted by Gasteiger charge is -2.39. The lowest BCUT2D eigenvalue weighted by Crippen LogP contribution is -2.60.